The molecule has 1 aliphatic rings. The van der Waals surface area contributed by atoms with Crippen LogP contribution in [0.2, 0.25) is 0 Å². The molecule has 1 aromatic heterocycles. The molecule has 4 rings (SSSR count). The van der Waals surface area contributed by atoms with Gasteiger partial charge >= 0.3 is 0 Å². The third kappa shape index (κ3) is 4.66. The number of rotatable bonds is 10. The minimum Gasteiger partial charge on any atom is -0.490 e. The second-order valence-corrected chi connectivity index (χ2v) is 9.22. The standard InChI is InChI=1S/C29H35NO5/c1-6-9-13-30-26(20-11-12-21(34-14-10-7-2)22(17-20)33-8-3)25-27(31)24-19(5)15-18(4)16-23(24)35-28(25)29(30)32/h11-12,15-17,26H,6-10,13-14H2,1-5H3. The van der Waals surface area contributed by atoms with Crippen molar-refractivity contribution in [3.05, 3.63) is 68.6 Å². The van der Waals surface area contributed by atoms with Gasteiger partial charge in [-0.3, -0.25) is 9.59 Å². The number of fused-ring (bicyclic) bond motifs is 2. The summed E-state index contributed by atoms with van der Waals surface area (Å²) in [6.45, 7) is 11.6. The van der Waals surface area contributed by atoms with E-state index < -0.39 is 6.04 Å². The van der Waals surface area contributed by atoms with E-state index in [0.29, 0.717) is 47.8 Å². The number of hydrogen-bond acceptors (Lipinski definition) is 5. The van der Waals surface area contributed by atoms with Crippen LogP contribution < -0.4 is 14.9 Å². The van der Waals surface area contributed by atoms with Crippen LogP contribution in [-0.4, -0.2) is 30.6 Å². The van der Waals surface area contributed by atoms with Crippen molar-refractivity contribution in [1.82, 2.24) is 4.90 Å². The van der Waals surface area contributed by atoms with Gasteiger partial charge < -0.3 is 18.8 Å². The van der Waals surface area contributed by atoms with E-state index in [0.717, 1.165) is 42.4 Å². The van der Waals surface area contributed by atoms with Crippen LogP contribution in [0.4, 0.5) is 0 Å². The molecular weight excluding hydrogens is 442 g/mol. The van der Waals surface area contributed by atoms with Crippen molar-refractivity contribution in [3.8, 4) is 11.5 Å². The molecule has 1 unspecified atom stereocenters. The van der Waals surface area contributed by atoms with Crippen LogP contribution in [0.5, 0.6) is 11.5 Å². The molecule has 6 nitrogen and oxygen atoms in total. The van der Waals surface area contributed by atoms with E-state index >= 15 is 0 Å². The molecule has 186 valence electrons. The Labute approximate surface area is 206 Å². The first-order chi connectivity index (χ1) is 16.9. The summed E-state index contributed by atoms with van der Waals surface area (Å²) in [7, 11) is 0. The van der Waals surface area contributed by atoms with Gasteiger partial charge in [0.25, 0.3) is 5.91 Å². The molecule has 0 radical (unpaired) electrons. The van der Waals surface area contributed by atoms with E-state index in [1.54, 1.807) is 4.90 Å². The van der Waals surface area contributed by atoms with Crippen LogP contribution >= 0.6 is 0 Å². The Morgan fingerprint density at radius 3 is 2.43 bits per heavy atom. The Kier molecular flexibility index (Phi) is 7.48. The molecule has 0 bridgehead atoms. The second-order valence-electron chi connectivity index (χ2n) is 9.22. The monoisotopic (exact) mass is 477 g/mol. The summed E-state index contributed by atoms with van der Waals surface area (Å²) in [5.74, 6) is 1.20. The fourth-order valence-corrected chi connectivity index (χ4v) is 4.83. The lowest BCUT2D eigenvalue weighted by Gasteiger charge is -2.26. The number of unbranched alkanes of at least 4 members (excludes halogenated alkanes) is 2. The number of nitrogens with zero attached hydrogens (tertiary/aromatic N) is 1. The first-order valence-electron chi connectivity index (χ1n) is 12.7. The average Bonchev–Trinajstić information content (AvgIpc) is 3.10. The van der Waals surface area contributed by atoms with Crippen molar-refractivity contribution in [2.24, 2.45) is 0 Å². The number of carbonyl (C=O) groups is 1. The van der Waals surface area contributed by atoms with Gasteiger partial charge in [0.05, 0.1) is 30.2 Å². The summed E-state index contributed by atoms with van der Waals surface area (Å²) in [6, 6.07) is 8.99. The number of ether oxygens (including phenoxy) is 2. The predicted molar refractivity (Wildman–Crippen MR) is 138 cm³/mol. The molecule has 0 fully saturated rings. The second kappa shape index (κ2) is 10.5. The topological polar surface area (TPSA) is 69.0 Å². The Morgan fingerprint density at radius 2 is 1.71 bits per heavy atom. The number of benzene rings is 2. The van der Waals surface area contributed by atoms with Crippen molar-refractivity contribution in [2.75, 3.05) is 19.8 Å². The minimum atomic E-state index is -0.533. The van der Waals surface area contributed by atoms with Gasteiger partial charge in [-0.05, 0) is 68.5 Å². The SMILES string of the molecule is CCCCOc1ccc(C2c3c(oc4cc(C)cc(C)c4c3=O)C(=O)N2CCCC)cc1OCC. The molecule has 6 heteroatoms. The van der Waals surface area contributed by atoms with Crippen molar-refractivity contribution in [1.29, 1.82) is 0 Å². The lowest BCUT2D eigenvalue weighted by atomic mass is 9.96. The third-order valence-corrected chi connectivity index (χ3v) is 6.50. The summed E-state index contributed by atoms with van der Waals surface area (Å²) in [6.07, 6.45) is 3.76. The van der Waals surface area contributed by atoms with Crippen LogP contribution in [-0.2, 0) is 0 Å². The van der Waals surface area contributed by atoms with E-state index in [2.05, 4.69) is 13.8 Å². The zero-order chi connectivity index (χ0) is 25.1. The highest BCUT2D eigenvalue weighted by Crippen LogP contribution is 2.41. The molecule has 2 aromatic carbocycles. The smallest absolute Gasteiger partial charge is 0.290 e. The van der Waals surface area contributed by atoms with E-state index in [4.69, 9.17) is 13.9 Å². The van der Waals surface area contributed by atoms with Gasteiger partial charge in [0.2, 0.25) is 5.76 Å². The maximum Gasteiger partial charge on any atom is 0.290 e. The van der Waals surface area contributed by atoms with Crippen molar-refractivity contribution >= 4 is 16.9 Å². The molecule has 0 aliphatic carbocycles. The maximum absolute atomic E-state index is 13.9. The van der Waals surface area contributed by atoms with Gasteiger partial charge in [0.1, 0.15) is 5.58 Å². The Balaban J connectivity index is 1.89. The van der Waals surface area contributed by atoms with Gasteiger partial charge in [-0.25, -0.2) is 0 Å². The Hall–Kier alpha value is -3.28. The van der Waals surface area contributed by atoms with Crippen LogP contribution in [0, 0.1) is 13.8 Å². The van der Waals surface area contributed by atoms with Crippen LogP contribution in [0.15, 0.2) is 39.5 Å². The van der Waals surface area contributed by atoms with E-state index in [9.17, 15) is 9.59 Å². The molecule has 1 aliphatic heterocycles. The Morgan fingerprint density at radius 1 is 0.943 bits per heavy atom. The number of carbonyl (C=O) groups excluding carboxylic acids is 1. The molecular formula is C29H35NO5. The van der Waals surface area contributed by atoms with Crippen LogP contribution in [0.25, 0.3) is 11.0 Å². The highest BCUT2D eigenvalue weighted by atomic mass is 16.5. The summed E-state index contributed by atoms with van der Waals surface area (Å²) in [5, 5.41) is 0.536. The molecule has 1 amide bonds. The Bertz CT molecular complexity index is 1290. The molecule has 0 N–H and O–H groups in total. The summed E-state index contributed by atoms with van der Waals surface area (Å²) in [5.41, 5.74) is 3.39. The number of amides is 1. The highest BCUT2D eigenvalue weighted by molar-refractivity contribution is 5.99. The zero-order valence-corrected chi connectivity index (χ0v) is 21.4. The van der Waals surface area contributed by atoms with Gasteiger partial charge in [0.15, 0.2) is 16.9 Å². The first kappa shape index (κ1) is 24.8. The van der Waals surface area contributed by atoms with Gasteiger partial charge in [0, 0.05) is 6.54 Å². The lowest BCUT2D eigenvalue weighted by Crippen LogP contribution is -2.30. The largest absolute Gasteiger partial charge is 0.490 e. The van der Waals surface area contributed by atoms with Gasteiger partial charge in [-0.2, -0.15) is 0 Å². The molecule has 35 heavy (non-hydrogen) atoms. The van der Waals surface area contributed by atoms with E-state index in [1.165, 1.54) is 0 Å². The fraction of sp³-hybridized carbons (Fsp3) is 0.448. The highest BCUT2D eigenvalue weighted by Gasteiger charge is 2.42. The molecule has 0 saturated heterocycles. The quantitative estimate of drug-likeness (QED) is 0.319. The van der Waals surface area contributed by atoms with E-state index in [1.807, 2.05) is 51.1 Å². The molecule has 0 saturated carbocycles. The molecule has 3 aromatic rings. The third-order valence-electron chi connectivity index (χ3n) is 6.50. The minimum absolute atomic E-state index is 0.141. The summed E-state index contributed by atoms with van der Waals surface area (Å²) < 4.78 is 18.0. The summed E-state index contributed by atoms with van der Waals surface area (Å²) >= 11 is 0. The van der Waals surface area contributed by atoms with Crippen molar-refractivity contribution in [2.45, 2.75) is 66.3 Å². The first-order valence-corrected chi connectivity index (χ1v) is 12.7. The molecule has 0 spiro atoms. The van der Waals surface area contributed by atoms with Gasteiger partial charge in [-0.15, -0.1) is 0 Å². The van der Waals surface area contributed by atoms with Crippen LogP contribution in [0.3, 0.4) is 0 Å². The predicted octanol–water partition coefficient (Wildman–Crippen LogP) is 6.33. The van der Waals surface area contributed by atoms with Crippen molar-refractivity contribution in [3.63, 3.8) is 0 Å². The molecule has 2 heterocycles. The lowest BCUT2D eigenvalue weighted by molar-refractivity contribution is 0.0725. The normalized spacial score (nSPS) is 15.1. The molecule has 1 atom stereocenters. The summed E-state index contributed by atoms with van der Waals surface area (Å²) in [4.78, 5) is 29.2. The maximum atomic E-state index is 13.9. The van der Waals surface area contributed by atoms with E-state index in [-0.39, 0.29) is 17.1 Å². The van der Waals surface area contributed by atoms with Gasteiger partial charge in [-0.1, -0.05) is 38.8 Å². The number of hydrogen-bond donors (Lipinski definition) is 0. The number of aryl methyl sites for hydroxylation is 2. The fourth-order valence-electron chi connectivity index (χ4n) is 4.83. The van der Waals surface area contributed by atoms with Crippen molar-refractivity contribution < 1.29 is 18.7 Å². The van der Waals surface area contributed by atoms with Crippen LogP contribution in [0.1, 0.15) is 85.3 Å². The zero-order valence-electron chi connectivity index (χ0n) is 21.4. The average molecular weight is 478 g/mol.